The summed E-state index contributed by atoms with van der Waals surface area (Å²) in [6, 6.07) is 11.6. The topological polar surface area (TPSA) is 189 Å². The van der Waals surface area contributed by atoms with Gasteiger partial charge in [0.1, 0.15) is 18.4 Å². The third-order valence-corrected chi connectivity index (χ3v) is 8.97. The molecule has 2 rings (SSSR count). The number of carbonyl (C=O) groups is 3. The van der Waals surface area contributed by atoms with Crippen LogP contribution in [-0.4, -0.2) is 112 Å². The van der Waals surface area contributed by atoms with Crippen LogP contribution >= 0.6 is 0 Å². The number of carbonyl (C=O) groups excluding carboxylic acids is 3. The van der Waals surface area contributed by atoms with E-state index in [0.717, 1.165) is 5.56 Å². The lowest BCUT2D eigenvalue weighted by Gasteiger charge is -2.19. The van der Waals surface area contributed by atoms with E-state index in [1.807, 2.05) is 30.3 Å². The lowest BCUT2D eigenvalue weighted by atomic mass is 10.1. The number of nitrogens with one attached hydrogen (secondary N) is 4. The Bertz CT molecular complexity index is 1410. The molecule has 0 aliphatic heterocycles. The maximum Gasteiger partial charge on any atom is 0.407 e. The van der Waals surface area contributed by atoms with Gasteiger partial charge in [0.25, 0.3) is 0 Å². The second-order valence-corrected chi connectivity index (χ2v) is 13.1. The molecule has 0 radical (unpaired) electrons. The zero-order valence-electron chi connectivity index (χ0n) is 30.1. The Kier molecular flexibility index (Phi) is 21.4. The van der Waals surface area contributed by atoms with E-state index in [2.05, 4.69) is 20.7 Å². The van der Waals surface area contributed by atoms with Crippen LogP contribution in [0.3, 0.4) is 0 Å². The van der Waals surface area contributed by atoms with Gasteiger partial charge in [-0.05, 0) is 69.0 Å². The maximum absolute atomic E-state index is 13.1. The van der Waals surface area contributed by atoms with Gasteiger partial charge in [0.05, 0.1) is 45.0 Å². The molecule has 0 spiro atoms. The summed E-state index contributed by atoms with van der Waals surface area (Å²) in [7, 11) is -1.22. The molecule has 0 aliphatic rings. The number of sulfonamides is 1. The van der Waals surface area contributed by atoms with Crippen molar-refractivity contribution in [3.63, 3.8) is 0 Å². The van der Waals surface area contributed by atoms with Crippen LogP contribution in [0.25, 0.3) is 0 Å². The van der Waals surface area contributed by atoms with Gasteiger partial charge in [-0.2, -0.15) is 4.72 Å². The number of hydrogen-bond acceptors (Lipinski definition) is 12. The first-order valence-corrected chi connectivity index (χ1v) is 18.5. The van der Waals surface area contributed by atoms with Crippen LogP contribution < -0.4 is 25.4 Å². The quantitative estimate of drug-likeness (QED) is 0.0775. The van der Waals surface area contributed by atoms with Gasteiger partial charge < -0.3 is 44.4 Å². The van der Waals surface area contributed by atoms with Crippen LogP contribution in [0.1, 0.15) is 42.4 Å². The minimum Gasteiger partial charge on any atom is -0.494 e. The Balaban J connectivity index is 1.45. The highest BCUT2D eigenvalue weighted by Gasteiger charge is 2.28. The second-order valence-electron chi connectivity index (χ2n) is 11.5. The van der Waals surface area contributed by atoms with Gasteiger partial charge in [-0.1, -0.05) is 30.3 Å². The summed E-state index contributed by atoms with van der Waals surface area (Å²) in [5.41, 5.74) is 1.86. The standard InChI is InChI=1S/C35H54N4O11S/c1-27-23-30(24-28(2)33(27)51(43,44)39-31(25-36-3)34(41)45-4)49-18-8-13-32(40)37-14-9-16-46-19-21-48-22-20-47-17-10-15-38-35(42)50-26-29-11-6-5-7-12-29/h5-7,11-12,23-24,31,36,39H,8-10,13-22,25-26H2,1-4H3,(H,37,40)(H,38,42). The summed E-state index contributed by atoms with van der Waals surface area (Å²) < 4.78 is 60.7. The van der Waals surface area contributed by atoms with Gasteiger partial charge in [-0.15, -0.1) is 0 Å². The number of alkyl carbamates (subject to hydrolysis) is 1. The molecule has 0 heterocycles. The minimum atomic E-state index is -4.02. The zero-order valence-corrected chi connectivity index (χ0v) is 30.9. The highest BCUT2D eigenvalue weighted by atomic mass is 32.2. The molecule has 0 aromatic heterocycles. The second kappa shape index (κ2) is 25.2. The molecule has 2 aromatic carbocycles. The number of rotatable bonds is 27. The molecule has 0 fully saturated rings. The highest BCUT2D eigenvalue weighted by molar-refractivity contribution is 7.89. The van der Waals surface area contributed by atoms with Crippen molar-refractivity contribution < 1.29 is 51.2 Å². The fourth-order valence-corrected chi connectivity index (χ4v) is 6.41. The van der Waals surface area contributed by atoms with Crippen LogP contribution in [0.2, 0.25) is 0 Å². The maximum atomic E-state index is 13.1. The van der Waals surface area contributed by atoms with Crippen LogP contribution in [0, 0.1) is 13.8 Å². The summed E-state index contributed by atoms with van der Waals surface area (Å²) in [4.78, 5) is 35.9. The number of amides is 2. The van der Waals surface area contributed by atoms with E-state index in [-0.39, 0.29) is 37.0 Å². The molecule has 0 bridgehead atoms. The molecule has 4 N–H and O–H groups in total. The first-order valence-electron chi connectivity index (χ1n) is 17.0. The largest absolute Gasteiger partial charge is 0.494 e. The van der Waals surface area contributed by atoms with Gasteiger partial charge in [-0.3, -0.25) is 9.59 Å². The number of methoxy groups -OCH3 is 1. The number of benzene rings is 2. The molecule has 0 aliphatic carbocycles. The number of hydrogen-bond donors (Lipinski definition) is 4. The predicted octanol–water partition coefficient (Wildman–Crippen LogP) is 2.37. The average molecular weight is 739 g/mol. The van der Waals surface area contributed by atoms with Gasteiger partial charge in [0.15, 0.2) is 0 Å². The number of likely N-dealkylation sites (N-methyl/N-ethyl adjacent to an activating group) is 1. The fraction of sp³-hybridized carbons (Fsp3) is 0.571. The van der Waals surface area contributed by atoms with Crippen LogP contribution in [0.5, 0.6) is 5.75 Å². The first-order chi connectivity index (χ1) is 24.6. The Labute approximate surface area is 301 Å². The smallest absolute Gasteiger partial charge is 0.407 e. The third kappa shape index (κ3) is 18.3. The molecule has 286 valence electrons. The molecule has 2 aromatic rings. The van der Waals surface area contributed by atoms with Crippen molar-refractivity contribution in [2.24, 2.45) is 0 Å². The third-order valence-electron chi connectivity index (χ3n) is 7.19. The molecule has 0 saturated heterocycles. The van der Waals surface area contributed by atoms with E-state index in [4.69, 9.17) is 28.4 Å². The van der Waals surface area contributed by atoms with E-state index < -0.39 is 28.1 Å². The number of ether oxygens (including phenoxy) is 6. The van der Waals surface area contributed by atoms with Crippen molar-refractivity contribution in [3.8, 4) is 5.75 Å². The molecular formula is C35H54N4O11S. The number of aryl methyl sites for hydroxylation is 2. The lowest BCUT2D eigenvalue weighted by Crippen LogP contribution is -2.47. The van der Waals surface area contributed by atoms with Crippen LogP contribution in [0.15, 0.2) is 47.4 Å². The van der Waals surface area contributed by atoms with E-state index in [9.17, 15) is 22.8 Å². The van der Waals surface area contributed by atoms with Crippen molar-refractivity contribution >= 4 is 28.0 Å². The van der Waals surface area contributed by atoms with Gasteiger partial charge >= 0.3 is 12.1 Å². The van der Waals surface area contributed by atoms with E-state index >= 15 is 0 Å². The lowest BCUT2D eigenvalue weighted by molar-refractivity contribution is -0.142. The normalized spacial score (nSPS) is 11.8. The van der Waals surface area contributed by atoms with Crippen molar-refractivity contribution in [3.05, 3.63) is 59.2 Å². The fourth-order valence-electron chi connectivity index (χ4n) is 4.78. The Morgan fingerprint density at radius 1 is 0.784 bits per heavy atom. The van der Waals surface area contributed by atoms with Crippen molar-refractivity contribution in [2.45, 2.75) is 57.1 Å². The van der Waals surface area contributed by atoms with Crippen molar-refractivity contribution in [2.75, 3.05) is 80.0 Å². The van der Waals surface area contributed by atoms with E-state index in [1.165, 1.54) is 7.11 Å². The van der Waals surface area contributed by atoms with E-state index in [1.54, 1.807) is 33.0 Å². The molecule has 0 saturated carbocycles. The van der Waals surface area contributed by atoms with Crippen molar-refractivity contribution in [1.29, 1.82) is 0 Å². The van der Waals surface area contributed by atoms with Gasteiger partial charge in [0, 0.05) is 39.3 Å². The van der Waals surface area contributed by atoms with Gasteiger partial charge in [0.2, 0.25) is 15.9 Å². The SMILES string of the molecule is CNCC(NS(=O)(=O)c1c(C)cc(OCCCC(=O)NCCCOCCOCCOCCCNC(=O)OCc2ccccc2)cc1C)C(=O)OC. The summed E-state index contributed by atoms with van der Waals surface area (Å²) in [5.74, 6) is -0.302. The molecule has 15 nitrogen and oxygen atoms in total. The minimum absolute atomic E-state index is 0.0685. The monoisotopic (exact) mass is 738 g/mol. The molecular weight excluding hydrogens is 684 g/mol. The van der Waals surface area contributed by atoms with E-state index in [0.29, 0.717) is 88.9 Å². The molecule has 51 heavy (non-hydrogen) atoms. The summed E-state index contributed by atoms with van der Waals surface area (Å²) in [5, 5.41) is 8.32. The first kappa shape index (κ1) is 43.4. The van der Waals surface area contributed by atoms with Crippen LogP contribution in [-0.2, 0) is 49.9 Å². The Hall–Kier alpha value is -3.80. The molecule has 1 atom stereocenters. The molecule has 16 heteroatoms. The highest BCUT2D eigenvalue weighted by Crippen LogP contribution is 2.26. The summed E-state index contributed by atoms with van der Waals surface area (Å²) in [6.07, 6.45) is 1.63. The van der Waals surface area contributed by atoms with Gasteiger partial charge in [-0.25, -0.2) is 13.2 Å². The molecule has 1 unspecified atom stereocenters. The Morgan fingerprint density at radius 2 is 1.37 bits per heavy atom. The number of esters is 1. The summed E-state index contributed by atoms with van der Waals surface area (Å²) >= 11 is 0. The molecule has 2 amide bonds. The zero-order chi connectivity index (χ0) is 37.3. The van der Waals surface area contributed by atoms with Crippen LogP contribution in [0.4, 0.5) is 4.79 Å². The average Bonchev–Trinajstić information content (AvgIpc) is 3.10. The van der Waals surface area contributed by atoms with Crippen molar-refractivity contribution in [1.82, 2.24) is 20.7 Å². The predicted molar refractivity (Wildman–Crippen MR) is 190 cm³/mol. The Morgan fingerprint density at radius 3 is 1.96 bits per heavy atom. The summed E-state index contributed by atoms with van der Waals surface area (Å²) in [6.45, 7) is 7.58.